The van der Waals surface area contributed by atoms with Crippen LogP contribution in [-0.2, 0) is 13.1 Å². The summed E-state index contributed by atoms with van der Waals surface area (Å²) in [6.45, 7) is 0.889. The van der Waals surface area contributed by atoms with E-state index >= 15 is 0 Å². The molecule has 0 amide bonds. The molecule has 0 spiro atoms. The highest BCUT2D eigenvalue weighted by Crippen LogP contribution is 2.18. The van der Waals surface area contributed by atoms with Gasteiger partial charge < -0.3 is 5.32 Å². The van der Waals surface area contributed by atoms with Crippen LogP contribution in [0.1, 0.15) is 11.3 Å². The minimum absolute atomic E-state index is 0.302. The number of aromatic nitrogens is 2. The number of nitrogens with one attached hydrogen (secondary N) is 1. The molecule has 0 atom stereocenters. The Hall–Kier alpha value is -1.52. The Morgan fingerprint density at radius 2 is 2.06 bits per heavy atom. The van der Waals surface area contributed by atoms with Crippen molar-refractivity contribution in [1.82, 2.24) is 15.5 Å². The summed E-state index contributed by atoms with van der Waals surface area (Å²) in [5.41, 5.74) is 1.28. The van der Waals surface area contributed by atoms with Crippen molar-refractivity contribution in [2.45, 2.75) is 13.1 Å². The fourth-order valence-corrected chi connectivity index (χ4v) is 1.67. The molecule has 1 heterocycles. The Labute approximate surface area is 104 Å². The number of nitrogens with zero attached hydrogens (tertiary/aromatic N) is 2. The fraction of sp³-hybridized carbons (Fsp3) is 0.167. The lowest BCUT2D eigenvalue weighted by molar-refractivity contribution is 0.584. The minimum Gasteiger partial charge on any atom is -0.307 e. The molecule has 2 rings (SSSR count). The zero-order valence-corrected chi connectivity index (χ0v) is 9.78. The third-order valence-electron chi connectivity index (χ3n) is 2.30. The summed E-state index contributed by atoms with van der Waals surface area (Å²) in [6, 6.07) is 8.31. The monoisotopic (exact) mass is 251 g/mol. The second kappa shape index (κ2) is 5.70. The number of rotatable bonds is 4. The molecule has 5 heteroatoms. The highest BCUT2D eigenvalue weighted by atomic mass is 35.5. The van der Waals surface area contributed by atoms with Gasteiger partial charge in [-0.3, -0.25) is 0 Å². The zero-order valence-electron chi connectivity index (χ0n) is 9.03. The average molecular weight is 252 g/mol. The molecule has 1 N–H and O–H groups in total. The Morgan fingerprint density at radius 1 is 1.18 bits per heavy atom. The Bertz CT molecular complexity index is 470. The fourth-order valence-electron chi connectivity index (χ4n) is 1.44. The van der Waals surface area contributed by atoms with Crippen LogP contribution in [0.15, 0.2) is 36.5 Å². The van der Waals surface area contributed by atoms with Gasteiger partial charge in [-0.25, -0.2) is 4.39 Å². The molecule has 0 radical (unpaired) electrons. The van der Waals surface area contributed by atoms with E-state index in [9.17, 15) is 4.39 Å². The maximum absolute atomic E-state index is 13.4. The van der Waals surface area contributed by atoms with Crippen molar-refractivity contribution in [3.8, 4) is 0 Å². The first kappa shape index (κ1) is 12.0. The van der Waals surface area contributed by atoms with Crippen LogP contribution >= 0.6 is 11.6 Å². The lowest BCUT2D eigenvalue weighted by atomic mass is 10.2. The smallest absolute Gasteiger partial charge is 0.129 e. The van der Waals surface area contributed by atoms with E-state index in [0.29, 0.717) is 23.7 Å². The van der Waals surface area contributed by atoms with Gasteiger partial charge in [0.2, 0.25) is 0 Å². The molecule has 1 aromatic carbocycles. The summed E-state index contributed by atoms with van der Waals surface area (Å²) in [5.74, 6) is -0.302. The number of halogens is 2. The molecule has 0 aliphatic rings. The standard InChI is InChI=1S/C12H11ClFN3/c13-11-4-1-5-12(14)10(11)8-15-7-9-3-2-6-16-17-9/h1-6,15H,7-8H2. The van der Waals surface area contributed by atoms with E-state index in [2.05, 4.69) is 15.5 Å². The van der Waals surface area contributed by atoms with E-state index < -0.39 is 0 Å². The molecule has 0 unspecified atom stereocenters. The van der Waals surface area contributed by atoms with Crippen LogP contribution in [0.3, 0.4) is 0 Å². The first-order valence-corrected chi connectivity index (χ1v) is 5.55. The molecule has 0 fully saturated rings. The van der Waals surface area contributed by atoms with Crippen molar-refractivity contribution < 1.29 is 4.39 Å². The maximum Gasteiger partial charge on any atom is 0.129 e. The Kier molecular flexibility index (Phi) is 4.01. The molecule has 0 aliphatic heterocycles. The van der Waals surface area contributed by atoms with Crippen molar-refractivity contribution >= 4 is 11.6 Å². The lowest BCUT2D eigenvalue weighted by Gasteiger charge is -2.07. The van der Waals surface area contributed by atoms with Crippen LogP contribution in [0.5, 0.6) is 0 Å². The first-order valence-electron chi connectivity index (χ1n) is 5.17. The van der Waals surface area contributed by atoms with Crippen molar-refractivity contribution in [3.63, 3.8) is 0 Å². The second-order valence-electron chi connectivity index (χ2n) is 3.52. The van der Waals surface area contributed by atoms with Gasteiger partial charge in [-0.1, -0.05) is 17.7 Å². The summed E-state index contributed by atoms with van der Waals surface area (Å²) < 4.78 is 13.4. The topological polar surface area (TPSA) is 37.8 Å². The Morgan fingerprint density at radius 3 is 2.76 bits per heavy atom. The molecular weight excluding hydrogens is 241 g/mol. The molecule has 0 aliphatic carbocycles. The summed E-state index contributed by atoms with van der Waals surface area (Å²) in [5, 5.41) is 11.2. The van der Waals surface area contributed by atoms with E-state index in [-0.39, 0.29) is 5.82 Å². The second-order valence-corrected chi connectivity index (χ2v) is 3.93. The molecule has 0 bridgehead atoms. The first-order chi connectivity index (χ1) is 8.27. The van der Waals surface area contributed by atoms with Gasteiger partial charge in [-0.05, 0) is 24.3 Å². The van der Waals surface area contributed by atoms with Gasteiger partial charge in [0.1, 0.15) is 5.82 Å². The molecule has 17 heavy (non-hydrogen) atoms. The van der Waals surface area contributed by atoms with Crippen LogP contribution in [0.4, 0.5) is 4.39 Å². The van der Waals surface area contributed by atoms with Crippen LogP contribution in [0.25, 0.3) is 0 Å². The predicted molar refractivity (Wildman–Crippen MR) is 64.0 cm³/mol. The highest BCUT2D eigenvalue weighted by Gasteiger charge is 2.05. The van der Waals surface area contributed by atoms with Gasteiger partial charge in [-0.2, -0.15) is 10.2 Å². The minimum atomic E-state index is -0.302. The number of hydrogen-bond acceptors (Lipinski definition) is 3. The maximum atomic E-state index is 13.4. The molecule has 88 valence electrons. The van der Waals surface area contributed by atoms with Crippen LogP contribution < -0.4 is 5.32 Å². The average Bonchev–Trinajstić information content (AvgIpc) is 2.34. The van der Waals surface area contributed by atoms with Gasteiger partial charge in [0, 0.05) is 29.9 Å². The predicted octanol–water partition coefficient (Wildman–Crippen LogP) is 2.56. The SMILES string of the molecule is Fc1cccc(Cl)c1CNCc1cccnn1. The third kappa shape index (κ3) is 3.22. The Balaban J connectivity index is 1.95. The third-order valence-corrected chi connectivity index (χ3v) is 2.65. The van der Waals surface area contributed by atoms with Gasteiger partial charge >= 0.3 is 0 Å². The summed E-state index contributed by atoms with van der Waals surface area (Å²) >= 11 is 5.90. The van der Waals surface area contributed by atoms with E-state index in [4.69, 9.17) is 11.6 Å². The van der Waals surface area contributed by atoms with E-state index in [0.717, 1.165) is 5.69 Å². The highest BCUT2D eigenvalue weighted by molar-refractivity contribution is 6.31. The van der Waals surface area contributed by atoms with Gasteiger partial charge in [0.05, 0.1) is 5.69 Å². The van der Waals surface area contributed by atoms with Crippen molar-refractivity contribution in [3.05, 3.63) is 58.6 Å². The van der Waals surface area contributed by atoms with Crippen LogP contribution in [0.2, 0.25) is 5.02 Å². The summed E-state index contributed by atoms with van der Waals surface area (Å²) in [6.07, 6.45) is 1.61. The van der Waals surface area contributed by atoms with Crippen molar-refractivity contribution in [2.75, 3.05) is 0 Å². The largest absolute Gasteiger partial charge is 0.307 e. The molecular formula is C12H11ClFN3. The molecule has 2 aromatic rings. The number of hydrogen-bond donors (Lipinski definition) is 1. The zero-order chi connectivity index (χ0) is 12.1. The van der Waals surface area contributed by atoms with E-state index in [1.807, 2.05) is 6.07 Å². The lowest BCUT2D eigenvalue weighted by Crippen LogP contribution is -2.15. The van der Waals surface area contributed by atoms with Gasteiger partial charge in [-0.15, -0.1) is 0 Å². The quantitative estimate of drug-likeness (QED) is 0.908. The molecule has 1 aromatic heterocycles. The number of benzene rings is 1. The molecule has 0 saturated heterocycles. The molecule has 3 nitrogen and oxygen atoms in total. The van der Waals surface area contributed by atoms with Crippen LogP contribution in [0, 0.1) is 5.82 Å². The van der Waals surface area contributed by atoms with E-state index in [1.165, 1.54) is 6.07 Å². The summed E-state index contributed by atoms with van der Waals surface area (Å²) in [7, 11) is 0. The van der Waals surface area contributed by atoms with E-state index in [1.54, 1.807) is 24.4 Å². The normalized spacial score (nSPS) is 10.5. The van der Waals surface area contributed by atoms with Crippen molar-refractivity contribution in [1.29, 1.82) is 0 Å². The van der Waals surface area contributed by atoms with Crippen molar-refractivity contribution in [2.24, 2.45) is 0 Å². The molecule has 0 saturated carbocycles. The van der Waals surface area contributed by atoms with Gasteiger partial charge in [0.15, 0.2) is 0 Å². The van der Waals surface area contributed by atoms with Crippen LogP contribution in [-0.4, -0.2) is 10.2 Å². The van der Waals surface area contributed by atoms with Gasteiger partial charge in [0.25, 0.3) is 0 Å². The summed E-state index contributed by atoms with van der Waals surface area (Å²) in [4.78, 5) is 0.